The molecule has 1 fully saturated rings. The molecule has 2 unspecified atom stereocenters. The van der Waals surface area contributed by atoms with E-state index in [1.807, 2.05) is 0 Å². The van der Waals surface area contributed by atoms with Crippen molar-refractivity contribution in [2.24, 2.45) is 5.73 Å². The van der Waals surface area contributed by atoms with Crippen LogP contribution in [0.1, 0.15) is 17.3 Å². The van der Waals surface area contributed by atoms with E-state index >= 15 is 0 Å². The summed E-state index contributed by atoms with van der Waals surface area (Å²) in [5.74, 6) is 1.63. The molecule has 6 heteroatoms. The van der Waals surface area contributed by atoms with Crippen molar-refractivity contribution < 1.29 is 4.84 Å². The van der Waals surface area contributed by atoms with Gasteiger partial charge in [0.05, 0.1) is 6.04 Å². The smallest absolute Gasteiger partial charge is 0.114 e. The summed E-state index contributed by atoms with van der Waals surface area (Å²) in [5.41, 5.74) is 10.2. The fraction of sp³-hybridized carbons (Fsp3) is 0.429. The Morgan fingerprint density at radius 2 is 2.35 bits per heavy atom. The summed E-state index contributed by atoms with van der Waals surface area (Å²) in [6.45, 7) is 0.908. The van der Waals surface area contributed by atoms with Crippen molar-refractivity contribution >= 4 is 38.6 Å². The molecule has 4 nitrogen and oxygen atoms in total. The average molecular weight is 354 g/mol. The van der Waals surface area contributed by atoms with Gasteiger partial charge in [-0.15, -0.1) is 11.8 Å². The molecule has 20 heavy (non-hydrogen) atoms. The van der Waals surface area contributed by atoms with Crippen LogP contribution < -0.4 is 5.73 Å². The highest BCUT2D eigenvalue weighted by atomic mass is 79.9. The predicted molar refractivity (Wildman–Crippen MR) is 85.5 cm³/mol. The number of benzene rings is 1. The Morgan fingerprint density at radius 3 is 3.25 bits per heavy atom. The van der Waals surface area contributed by atoms with Gasteiger partial charge in [0.1, 0.15) is 5.94 Å². The normalized spacial score (nSPS) is 27.1. The molecule has 0 radical (unpaired) electrons. The second-order valence-electron chi connectivity index (χ2n) is 5.32. The summed E-state index contributed by atoms with van der Waals surface area (Å²) in [5, 5.41) is 3.37. The molecule has 2 aliphatic rings. The third kappa shape index (κ3) is 2.02. The summed E-state index contributed by atoms with van der Waals surface area (Å²) < 4.78 is 1.12. The molecule has 0 amide bonds. The number of halogens is 1. The molecule has 0 bridgehead atoms. The molecule has 0 saturated carbocycles. The highest BCUT2D eigenvalue weighted by molar-refractivity contribution is 9.10. The number of hydroxylamine groups is 2. The van der Waals surface area contributed by atoms with E-state index in [0.717, 1.165) is 23.2 Å². The average Bonchev–Trinajstić information content (AvgIpc) is 2.69. The molecule has 3 heterocycles. The van der Waals surface area contributed by atoms with Crippen molar-refractivity contribution in [1.29, 1.82) is 0 Å². The van der Waals surface area contributed by atoms with Gasteiger partial charge in [-0.2, -0.15) is 5.06 Å². The van der Waals surface area contributed by atoms with Gasteiger partial charge in [0.15, 0.2) is 0 Å². The molecule has 2 aliphatic heterocycles. The van der Waals surface area contributed by atoms with Crippen LogP contribution in [0.4, 0.5) is 0 Å². The van der Waals surface area contributed by atoms with Gasteiger partial charge in [-0.1, -0.05) is 15.9 Å². The predicted octanol–water partition coefficient (Wildman–Crippen LogP) is 2.79. The Labute approximate surface area is 130 Å². The molecule has 0 spiro atoms. The van der Waals surface area contributed by atoms with Crippen LogP contribution in [0.3, 0.4) is 0 Å². The molecule has 3 N–H and O–H groups in total. The van der Waals surface area contributed by atoms with Crippen LogP contribution >= 0.6 is 27.7 Å². The maximum Gasteiger partial charge on any atom is 0.114 e. The Bertz CT molecular complexity index is 659. The molecule has 2 atom stereocenters. The molecular formula is C14H16BrN3OS. The van der Waals surface area contributed by atoms with Gasteiger partial charge in [-0.3, -0.25) is 4.84 Å². The molecular weight excluding hydrogens is 338 g/mol. The van der Waals surface area contributed by atoms with Crippen molar-refractivity contribution in [2.45, 2.75) is 18.5 Å². The number of hydrogen-bond donors (Lipinski definition) is 2. The number of H-pyrrole nitrogens is 1. The Kier molecular flexibility index (Phi) is 3.31. The lowest BCUT2D eigenvalue weighted by Gasteiger charge is -2.35. The van der Waals surface area contributed by atoms with E-state index in [1.165, 1.54) is 22.2 Å². The number of hydrogen-bond acceptors (Lipinski definition) is 4. The van der Waals surface area contributed by atoms with Gasteiger partial charge in [0.25, 0.3) is 0 Å². The summed E-state index contributed by atoms with van der Waals surface area (Å²) in [6.07, 6.45) is 1.000. The van der Waals surface area contributed by atoms with Crippen LogP contribution in [0.2, 0.25) is 0 Å². The lowest BCUT2D eigenvalue weighted by Crippen LogP contribution is -2.44. The third-order valence-electron chi connectivity index (χ3n) is 4.11. The molecule has 0 aliphatic carbocycles. The molecule has 1 aromatic carbocycles. The number of nitrogens with two attached hydrogens (primary N) is 1. The standard InChI is InChI=1S/C14H16BrN3OS/c15-8-1-2-12-10(5-8)9-3-4-18-14(13(9)17-12)11(16)6-20-7-19-18/h1-2,5,11,14,17H,3-4,6-7,16H2. The van der Waals surface area contributed by atoms with Crippen LogP contribution in [-0.4, -0.2) is 34.3 Å². The summed E-state index contributed by atoms with van der Waals surface area (Å²) in [4.78, 5) is 9.41. The fourth-order valence-electron chi connectivity index (χ4n) is 3.22. The van der Waals surface area contributed by atoms with E-state index < -0.39 is 0 Å². The molecule has 1 aromatic heterocycles. The zero-order chi connectivity index (χ0) is 13.7. The number of nitrogens with zero attached hydrogens (tertiary/aromatic N) is 1. The number of fused-ring (bicyclic) bond motifs is 5. The first-order chi connectivity index (χ1) is 9.74. The first-order valence-corrected chi connectivity index (χ1v) is 8.71. The number of nitrogens with one attached hydrogen (secondary N) is 1. The van der Waals surface area contributed by atoms with Crippen LogP contribution in [0.5, 0.6) is 0 Å². The maximum atomic E-state index is 6.38. The van der Waals surface area contributed by atoms with Crippen molar-refractivity contribution in [3.8, 4) is 0 Å². The van der Waals surface area contributed by atoms with Crippen molar-refractivity contribution in [3.05, 3.63) is 33.9 Å². The summed E-state index contributed by atoms with van der Waals surface area (Å²) >= 11 is 5.32. The van der Waals surface area contributed by atoms with E-state index in [-0.39, 0.29) is 12.1 Å². The summed E-state index contributed by atoms with van der Waals surface area (Å²) in [7, 11) is 0. The van der Waals surface area contributed by atoms with E-state index in [0.29, 0.717) is 5.94 Å². The topological polar surface area (TPSA) is 54.3 Å². The molecule has 1 saturated heterocycles. The largest absolute Gasteiger partial charge is 0.357 e. The van der Waals surface area contributed by atoms with E-state index in [9.17, 15) is 0 Å². The SMILES string of the molecule is NC1CSCON2CCc3c([nH]c4ccc(Br)cc34)C12. The van der Waals surface area contributed by atoms with Crippen molar-refractivity contribution in [1.82, 2.24) is 10.0 Å². The second-order valence-corrected chi connectivity index (χ2v) is 7.22. The quantitative estimate of drug-likeness (QED) is 0.764. The number of aromatic amines is 1. The van der Waals surface area contributed by atoms with E-state index in [1.54, 1.807) is 11.8 Å². The van der Waals surface area contributed by atoms with Crippen LogP contribution in [0, 0.1) is 0 Å². The van der Waals surface area contributed by atoms with Gasteiger partial charge >= 0.3 is 0 Å². The molecule has 4 rings (SSSR count). The summed E-state index contributed by atoms with van der Waals surface area (Å²) in [6, 6.07) is 6.62. The van der Waals surface area contributed by atoms with Crippen LogP contribution in [-0.2, 0) is 11.3 Å². The van der Waals surface area contributed by atoms with Crippen LogP contribution in [0.15, 0.2) is 22.7 Å². The van der Waals surface area contributed by atoms with E-state index in [2.05, 4.69) is 44.2 Å². The Balaban J connectivity index is 1.88. The zero-order valence-corrected chi connectivity index (χ0v) is 13.3. The first kappa shape index (κ1) is 13.2. The number of aromatic nitrogens is 1. The van der Waals surface area contributed by atoms with Gasteiger partial charge in [0, 0.05) is 39.4 Å². The van der Waals surface area contributed by atoms with Gasteiger partial charge < -0.3 is 10.7 Å². The monoisotopic (exact) mass is 353 g/mol. The lowest BCUT2D eigenvalue weighted by molar-refractivity contribution is -0.175. The van der Waals surface area contributed by atoms with Crippen molar-refractivity contribution in [2.75, 3.05) is 18.2 Å². The highest BCUT2D eigenvalue weighted by Gasteiger charge is 2.36. The minimum absolute atomic E-state index is 0.0954. The highest BCUT2D eigenvalue weighted by Crippen LogP contribution is 2.38. The lowest BCUT2D eigenvalue weighted by atomic mass is 9.95. The number of rotatable bonds is 0. The first-order valence-electron chi connectivity index (χ1n) is 6.77. The number of thioether (sulfide) groups is 1. The van der Waals surface area contributed by atoms with Crippen LogP contribution in [0.25, 0.3) is 10.9 Å². The zero-order valence-electron chi connectivity index (χ0n) is 10.9. The maximum absolute atomic E-state index is 6.38. The second kappa shape index (κ2) is 5.03. The fourth-order valence-corrected chi connectivity index (χ4v) is 4.34. The minimum Gasteiger partial charge on any atom is -0.357 e. The minimum atomic E-state index is 0.0954. The van der Waals surface area contributed by atoms with Gasteiger partial charge in [-0.05, 0) is 30.2 Å². The van der Waals surface area contributed by atoms with Gasteiger partial charge in [0.2, 0.25) is 0 Å². The molecule has 2 aromatic rings. The Morgan fingerprint density at radius 1 is 1.45 bits per heavy atom. The van der Waals surface area contributed by atoms with Gasteiger partial charge in [-0.25, -0.2) is 0 Å². The Hall–Kier alpha value is -0.530. The van der Waals surface area contributed by atoms with Crippen molar-refractivity contribution in [3.63, 3.8) is 0 Å². The third-order valence-corrected chi connectivity index (χ3v) is 5.49. The van der Waals surface area contributed by atoms with E-state index in [4.69, 9.17) is 10.6 Å². The molecule has 106 valence electrons.